The molecule has 0 saturated carbocycles. The quantitative estimate of drug-likeness (QED) is 0.742. The molecule has 1 fully saturated rings. The summed E-state index contributed by atoms with van der Waals surface area (Å²) < 4.78 is 5.77. The van der Waals surface area contributed by atoms with Crippen molar-refractivity contribution < 1.29 is 9.21 Å². The maximum absolute atomic E-state index is 12.7. The standard InChI is InChI=1S/C21H21ClN2O2/c1-14-17-8-5-9-18(22)20(17)26-19(14)21(25)23-16-10-11-24(13-16)12-15-6-3-2-4-7-15/h2-9,16H,10-13H2,1H3,(H,23,25)/t16-/m1/s1. The van der Waals surface area contributed by atoms with E-state index in [1.807, 2.05) is 25.1 Å². The van der Waals surface area contributed by atoms with Crippen LogP contribution in [0, 0.1) is 6.92 Å². The number of likely N-dealkylation sites (tertiary alicyclic amines) is 1. The number of benzene rings is 2. The molecule has 0 aliphatic carbocycles. The first-order valence-corrected chi connectivity index (χ1v) is 9.24. The molecular weight excluding hydrogens is 348 g/mol. The van der Waals surface area contributed by atoms with E-state index in [-0.39, 0.29) is 11.9 Å². The van der Waals surface area contributed by atoms with Crippen molar-refractivity contribution in [3.8, 4) is 0 Å². The van der Waals surface area contributed by atoms with Crippen LogP contribution in [0.1, 0.15) is 28.1 Å². The van der Waals surface area contributed by atoms with E-state index in [2.05, 4.69) is 34.5 Å². The lowest BCUT2D eigenvalue weighted by Gasteiger charge is -2.16. The van der Waals surface area contributed by atoms with E-state index < -0.39 is 0 Å². The first kappa shape index (κ1) is 17.1. The summed E-state index contributed by atoms with van der Waals surface area (Å²) in [5.41, 5.74) is 2.70. The van der Waals surface area contributed by atoms with Crippen molar-refractivity contribution in [2.24, 2.45) is 0 Å². The van der Waals surface area contributed by atoms with E-state index in [9.17, 15) is 4.79 Å². The number of amides is 1. The van der Waals surface area contributed by atoms with E-state index in [0.29, 0.717) is 16.4 Å². The fourth-order valence-electron chi connectivity index (χ4n) is 3.61. The van der Waals surface area contributed by atoms with Crippen LogP contribution in [0.2, 0.25) is 5.02 Å². The number of halogens is 1. The Morgan fingerprint density at radius 2 is 2.04 bits per heavy atom. The summed E-state index contributed by atoms with van der Waals surface area (Å²) >= 11 is 6.18. The van der Waals surface area contributed by atoms with Gasteiger partial charge >= 0.3 is 0 Å². The van der Waals surface area contributed by atoms with Crippen LogP contribution >= 0.6 is 11.6 Å². The number of nitrogens with zero attached hydrogens (tertiary/aromatic N) is 1. The van der Waals surface area contributed by atoms with Gasteiger partial charge in [-0.15, -0.1) is 0 Å². The van der Waals surface area contributed by atoms with Gasteiger partial charge in [0, 0.05) is 36.6 Å². The second-order valence-electron chi connectivity index (χ2n) is 6.85. The lowest BCUT2D eigenvalue weighted by molar-refractivity contribution is 0.0911. The van der Waals surface area contributed by atoms with Gasteiger partial charge in [-0.05, 0) is 25.0 Å². The highest BCUT2D eigenvalue weighted by Gasteiger charge is 2.26. The van der Waals surface area contributed by atoms with Crippen LogP contribution in [0.4, 0.5) is 0 Å². The second kappa shape index (κ2) is 7.14. The summed E-state index contributed by atoms with van der Waals surface area (Å²) in [6.07, 6.45) is 0.943. The van der Waals surface area contributed by atoms with E-state index in [1.165, 1.54) is 5.56 Å². The predicted octanol–water partition coefficient (Wildman–Crippen LogP) is 4.40. The zero-order valence-corrected chi connectivity index (χ0v) is 15.4. The summed E-state index contributed by atoms with van der Waals surface area (Å²) in [5.74, 6) is 0.191. The van der Waals surface area contributed by atoms with Crippen molar-refractivity contribution >= 4 is 28.5 Å². The highest BCUT2D eigenvalue weighted by Crippen LogP contribution is 2.30. The van der Waals surface area contributed by atoms with Crippen LogP contribution in [0.25, 0.3) is 11.0 Å². The van der Waals surface area contributed by atoms with Crippen molar-refractivity contribution in [1.82, 2.24) is 10.2 Å². The Bertz CT molecular complexity index is 936. The van der Waals surface area contributed by atoms with Gasteiger partial charge in [-0.25, -0.2) is 0 Å². The van der Waals surface area contributed by atoms with E-state index in [0.717, 1.165) is 37.0 Å². The van der Waals surface area contributed by atoms with Crippen LogP contribution < -0.4 is 5.32 Å². The SMILES string of the molecule is Cc1c(C(=O)N[C@@H]2CCN(Cc3ccccc3)C2)oc2c(Cl)cccc12. The Kier molecular flexibility index (Phi) is 4.70. The van der Waals surface area contributed by atoms with Crippen molar-refractivity contribution in [2.45, 2.75) is 25.9 Å². The second-order valence-corrected chi connectivity index (χ2v) is 7.26. The number of para-hydroxylation sites is 1. The molecule has 0 radical (unpaired) electrons. The minimum Gasteiger partial charge on any atom is -0.449 e. The highest BCUT2D eigenvalue weighted by atomic mass is 35.5. The van der Waals surface area contributed by atoms with Crippen LogP contribution in [0.15, 0.2) is 52.9 Å². The Morgan fingerprint density at radius 3 is 2.81 bits per heavy atom. The number of carbonyl (C=O) groups is 1. The zero-order valence-electron chi connectivity index (χ0n) is 14.7. The molecule has 2 heterocycles. The Hall–Kier alpha value is -2.30. The number of carbonyl (C=O) groups excluding carboxylic acids is 1. The molecule has 0 bridgehead atoms. The third-order valence-corrected chi connectivity index (χ3v) is 5.28. The van der Waals surface area contributed by atoms with Crippen LogP contribution in [0.5, 0.6) is 0 Å². The molecule has 1 aliphatic heterocycles. The minimum atomic E-state index is -0.165. The van der Waals surface area contributed by atoms with Crippen LogP contribution in [0.3, 0.4) is 0 Å². The Labute approximate surface area is 157 Å². The lowest BCUT2D eigenvalue weighted by atomic mass is 10.1. The molecule has 4 rings (SSSR count). The summed E-state index contributed by atoms with van der Waals surface area (Å²) in [5, 5.41) is 4.53. The number of rotatable bonds is 4. The van der Waals surface area contributed by atoms with Gasteiger partial charge in [-0.1, -0.05) is 54.1 Å². The number of hydrogen-bond acceptors (Lipinski definition) is 3. The normalized spacial score (nSPS) is 17.7. The molecule has 1 aromatic heterocycles. The van der Waals surface area contributed by atoms with Gasteiger partial charge in [0.2, 0.25) is 0 Å². The van der Waals surface area contributed by atoms with E-state index >= 15 is 0 Å². The van der Waals surface area contributed by atoms with E-state index in [1.54, 1.807) is 6.07 Å². The molecular formula is C21H21ClN2O2. The monoisotopic (exact) mass is 368 g/mol. The molecule has 26 heavy (non-hydrogen) atoms. The molecule has 4 nitrogen and oxygen atoms in total. The number of fused-ring (bicyclic) bond motifs is 1. The summed E-state index contributed by atoms with van der Waals surface area (Å²) in [4.78, 5) is 15.1. The van der Waals surface area contributed by atoms with Crippen molar-refractivity contribution in [3.63, 3.8) is 0 Å². The number of nitrogens with one attached hydrogen (secondary N) is 1. The maximum Gasteiger partial charge on any atom is 0.287 e. The first-order chi connectivity index (χ1) is 12.6. The lowest BCUT2D eigenvalue weighted by Crippen LogP contribution is -2.37. The molecule has 1 aliphatic rings. The van der Waals surface area contributed by atoms with Gasteiger partial charge in [-0.3, -0.25) is 9.69 Å². The summed E-state index contributed by atoms with van der Waals surface area (Å²) in [6, 6.07) is 16.1. The number of furan rings is 1. The third-order valence-electron chi connectivity index (χ3n) is 4.98. The molecule has 0 spiro atoms. The molecule has 0 unspecified atom stereocenters. The Morgan fingerprint density at radius 1 is 1.23 bits per heavy atom. The van der Waals surface area contributed by atoms with E-state index in [4.69, 9.17) is 16.0 Å². The number of aryl methyl sites for hydroxylation is 1. The molecule has 1 atom stereocenters. The van der Waals surface area contributed by atoms with Crippen LogP contribution in [-0.2, 0) is 6.54 Å². The largest absolute Gasteiger partial charge is 0.449 e. The van der Waals surface area contributed by atoms with Crippen molar-refractivity contribution in [3.05, 3.63) is 70.4 Å². The molecule has 1 N–H and O–H groups in total. The molecule has 134 valence electrons. The van der Waals surface area contributed by atoms with Crippen molar-refractivity contribution in [2.75, 3.05) is 13.1 Å². The van der Waals surface area contributed by atoms with Crippen LogP contribution in [-0.4, -0.2) is 29.9 Å². The van der Waals surface area contributed by atoms with Gasteiger partial charge in [0.25, 0.3) is 5.91 Å². The highest BCUT2D eigenvalue weighted by molar-refractivity contribution is 6.35. The van der Waals surface area contributed by atoms with Gasteiger partial charge in [0.05, 0.1) is 5.02 Å². The summed E-state index contributed by atoms with van der Waals surface area (Å²) in [6.45, 7) is 4.63. The fraction of sp³-hybridized carbons (Fsp3) is 0.286. The van der Waals surface area contributed by atoms with Gasteiger partial charge < -0.3 is 9.73 Å². The summed E-state index contributed by atoms with van der Waals surface area (Å²) in [7, 11) is 0. The molecule has 3 aromatic rings. The smallest absolute Gasteiger partial charge is 0.287 e. The molecule has 1 saturated heterocycles. The third kappa shape index (κ3) is 3.35. The average Bonchev–Trinajstić information content (AvgIpc) is 3.21. The van der Waals surface area contributed by atoms with Gasteiger partial charge in [0.15, 0.2) is 11.3 Å². The average molecular weight is 369 g/mol. The molecule has 1 amide bonds. The van der Waals surface area contributed by atoms with Crippen molar-refractivity contribution in [1.29, 1.82) is 0 Å². The number of hydrogen-bond donors (Lipinski definition) is 1. The van der Waals surface area contributed by atoms with Gasteiger partial charge in [0.1, 0.15) is 0 Å². The maximum atomic E-state index is 12.7. The molecule has 5 heteroatoms. The molecule has 2 aromatic carbocycles. The zero-order chi connectivity index (χ0) is 18.1. The van der Waals surface area contributed by atoms with Gasteiger partial charge in [-0.2, -0.15) is 0 Å². The predicted molar refractivity (Wildman–Crippen MR) is 104 cm³/mol. The topological polar surface area (TPSA) is 45.5 Å². The first-order valence-electron chi connectivity index (χ1n) is 8.86. The minimum absolute atomic E-state index is 0.134. The Balaban J connectivity index is 1.43. The fourth-order valence-corrected chi connectivity index (χ4v) is 3.83.